The fraction of sp³-hybridized carbons (Fsp3) is 1.00. The fourth-order valence-corrected chi connectivity index (χ4v) is 17.6. The van der Waals surface area contributed by atoms with Crippen molar-refractivity contribution in [1.29, 1.82) is 0 Å². The molecule has 1 heterocycles. The molecule has 0 aromatic heterocycles. The number of hydrogen-bond acceptors (Lipinski definition) is 6. The van der Waals surface area contributed by atoms with Gasteiger partial charge in [0.05, 0.1) is 16.6 Å². The van der Waals surface area contributed by atoms with Crippen molar-refractivity contribution in [3.8, 4) is 0 Å². The summed E-state index contributed by atoms with van der Waals surface area (Å²) in [6.45, 7) is 14.8. The Morgan fingerprint density at radius 1 is 0.857 bits per heavy atom. The average Bonchev–Trinajstić information content (AvgIpc) is 2.50. The Morgan fingerprint density at radius 2 is 1.25 bits per heavy atom. The van der Waals surface area contributed by atoms with Gasteiger partial charge in [-0.2, -0.15) is 0 Å². The van der Waals surface area contributed by atoms with Crippen LogP contribution < -0.4 is 0 Å². The van der Waals surface area contributed by atoms with E-state index in [0.717, 1.165) is 12.8 Å². The molecule has 1 fully saturated rings. The molecule has 168 valence electrons. The molecule has 1 aliphatic rings. The maximum atomic E-state index is 11.1. The predicted octanol–water partition coefficient (Wildman–Crippen LogP) is 5.41. The molecule has 0 spiro atoms. The Balaban J connectivity index is 3.02. The van der Waals surface area contributed by atoms with Gasteiger partial charge in [-0.05, 0) is 49.6 Å². The first kappa shape index (κ1) is 27.4. The van der Waals surface area contributed by atoms with Crippen LogP contribution in [-0.4, -0.2) is 56.1 Å². The molecule has 1 aliphatic heterocycles. The van der Waals surface area contributed by atoms with E-state index < -0.39 is 37.8 Å². The Labute approximate surface area is 183 Å². The van der Waals surface area contributed by atoms with Crippen molar-refractivity contribution in [2.45, 2.75) is 91.6 Å². The Bertz CT molecular complexity index is 480. The van der Waals surface area contributed by atoms with Crippen molar-refractivity contribution in [2.24, 2.45) is 22.7 Å². The van der Waals surface area contributed by atoms with Crippen molar-refractivity contribution >= 4 is 36.5 Å². The lowest BCUT2D eigenvalue weighted by Crippen LogP contribution is -2.46. The van der Waals surface area contributed by atoms with Crippen LogP contribution in [0.1, 0.15) is 68.2 Å². The standard InChI is InChI=1S/C20H42O4P2S2/c1-13(9-19(3,4)5)11-25-15(21)17(23)26(28-27,18(24)16(25)22)12-14(2)10-20(6,7)8/h13-18,21-24H,9-12H2,1-8H3/p+1. The van der Waals surface area contributed by atoms with E-state index in [4.69, 9.17) is 0 Å². The summed E-state index contributed by atoms with van der Waals surface area (Å²) in [6.07, 6.45) is 3.18. The van der Waals surface area contributed by atoms with Gasteiger partial charge >= 0.3 is 0 Å². The highest BCUT2D eigenvalue weighted by Crippen LogP contribution is 2.84. The van der Waals surface area contributed by atoms with Crippen molar-refractivity contribution < 1.29 is 20.4 Å². The molecule has 0 amide bonds. The molecule has 1 rings (SSSR count). The van der Waals surface area contributed by atoms with Crippen LogP contribution in [0.3, 0.4) is 0 Å². The number of aliphatic hydroxyl groups excluding tert-OH is 4. The molecule has 0 saturated carbocycles. The van der Waals surface area contributed by atoms with Crippen LogP contribution in [0.5, 0.6) is 0 Å². The number of thiol groups is 1. The molecule has 1 saturated heterocycles. The zero-order valence-electron chi connectivity index (χ0n) is 18.8. The van der Waals surface area contributed by atoms with Crippen molar-refractivity contribution in [1.82, 2.24) is 0 Å². The smallest absolute Gasteiger partial charge is 0.208 e. The lowest BCUT2D eigenvalue weighted by Gasteiger charge is -2.47. The van der Waals surface area contributed by atoms with Gasteiger partial charge in [0, 0.05) is 0 Å². The third-order valence-corrected chi connectivity index (χ3v) is 18.0. The molecule has 0 aromatic rings. The SMILES string of the molecule is CC(CP1C(O)C(O)[P+](CC(C)CC(C)(C)C)(SS)C(O)C1O)CC(C)(C)C. The van der Waals surface area contributed by atoms with Crippen LogP contribution in [0.25, 0.3) is 0 Å². The zero-order chi connectivity index (χ0) is 22.1. The average molecular weight is 474 g/mol. The van der Waals surface area contributed by atoms with Gasteiger partial charge in [-0.3, -0.25) is 0 Å². The van der Waals surface area contributed by atoms with E-state index in [9.17, 15) is 20.4 Å². The minimum Gasteiger partial charge on any atom is -0.382 e. The van der Waals surface area contributed by atoms with Crippen molar-refractivity contribution in [3.05, 3.63) is 0 Å². The van der Waals surface area contributed by atoms with Gasteiger partial charge in [0.15, 0.2) is 6.46 Å². The second-order valence-electron chi connectivity index (χ2n) is 11.2. The van der Waals surface area contributed by atoms with E-state index in [1.165, 1.54) is 10.4 Å². The van der Waals surface area contributed by atoms with Gasteiger partial charge in [-0.1, -0.05) is 67.1 Å². The first-order valence-electron chi connectivity index (χ1n) is 10.2. The summed E-state index contributed by atoms with van der Waals surface area (Å²) in [7, 11) is -0.0916. The highest BCUT2D eigenvalue weighted by atomic mass is 33.3. The summed E-state index contributed by atoms with van der Waals surface area (Å²) in [6, 6.07) is 0. The highest BCUT2D eigenvalue weighted by molar-refractivity contribution is 8.97. The molecule has 0 aliphatic carbocycles. The van der Waals surface area contributed by atoms with Crippen LogP contribution in [0.15, 0.2) is 0 Å². The van der Waals surface area contributed by atoms with E-state index >= 15 is 0 Å². The van der Waals surface area contributed by atoms with E-state index in [-0.39, 0.29) is 16.7 Å². The Kier molecular flexibility index (Phi) is 10.1. The van der Waals surface area contributed by atoms with Gasteiger partial charge in [0.25, 0.3) is 0 Å². The largest absolute Gasteiger partial charge is 0.382 e. The summed E-state index contributed by atoms with van der Waals surface area (Å²) < 4.78 is 0. The topological polar surface area (TPSA) is 80.9 Å². The molecular weight excluding hydrogens is 430 g/mol. The predicted molar refractivity (Wildman–Crippen MR) is 131 cm³/mol. The monoisotopic (exact) mass is 473 g/mol. The molecule has 0 radical (unpaired) electrons. The highest BCUT2D eigenvalue weighted by Gasteiger charge is 2.65. The summed E-state index contributed by atoms with van der Waals surface area (Å²) >= 11 is 4.42. The van der Waals surface area contributed by atoms with Gasteiger partial charge in [0.1, 0.15) is 11.7 Å². The van der Waals surface area contributed by atoms with Crippen LogP contribution in [0.2, 0.25) is 0 Å². The van der Waals surface area contributed by atoms with Crippen molar-refractivity contribution in [2.75, 3.05) is 12.3 Å². The minimum atomic E-state index is -2.52. The number of rotatable bonds is 7. The van der Waals surface area contributed by atoms with Gasteiger partial charge in [0.2, 0.25) is 11.7 Å². The van der Waals surface area contributed by atoms with Crippen molar-refractivity contribution in [3.63, 3.8) is 0 Å². The quantitative estimate of drug-likeness (QED) is 0.194. The Hall–Kier alpha value is 1.40. The third kappa shape index (κ3) is 7.23. The van der Waals surface area contributed by atoms with E-state index in [0.29, 0.717) is 18.2 Å². The molecule has 6 unspecified atom stereocenters. The van der Waals surface area contributed by atoms with Crippen LogP contribution >= 0.6 is 36.5 Å². The Morgan fingerprint density at radius 3 is 1.61 bits per heavy atom. The summed E-state index contributed by atoms with van der Waals surface area (Å²) in [5, 5.41) is 44.2. The molecule has 4 N–H and O–H groups in total. The second kappa shape index (κ2) is 10.3. The summed E-state index contributed by atoms with van der Waals surface area (Å²) in [5.74, 6) is -3.35. The first-order chi connectivity index (χ1) is 12.5. The van der Waals surface area contributed by atoms with Gasteiger partial charge < -0.3 is 20.4 Å². The van der Waals surface area contributed by atoms with E-state index in [1.807, 2.05) is 0 Å². The molecule has 0 bridgehead atoms. The molecule has 4 nitrogen and oxygen atoms in total. The third-order valence-electron chi connectivity index (χ3n) is 5.30. The van der Waals surface area contributed by atoms with Crippen LogP contribution in [0, 0.1) is 22.7 Å². The zero-order valence-corrected chi connectivity index (χ0v) is 22.3. The van der Waals surface area contributed by atoms with E-state index in [2.05, 4.69) is 67.1 Å². The molecule has 0 aromatic carbocycles. The summed E-state index contributed by atoms with van der Waals surface area (Å²) in [5.41, 5.74) is 0.306. The molecule has 8 heteroatoms. The second-order valence-corrected chi connectivity index (χ2v) is 21.0. The van der Waals surface area contributed by atoms with Crippen LogP contribution in [0.4, 0.5) is 0 Å². The minimum absolute atomic E-state index is 0.141. The fourth-order valence-electron chi connectivity index (χ4n) is 4.74. The normalized spacial score (nSPS) is 37.0. The maximum absolute atomic E-state index is 11.1. The van der Waals surface area contributed by atoms with Gasteiger partial charge in [-0.15, -0.1) is 0 Å². The first-order valence-corrected chi connectivity index (χ1v) is 16.5. The maximum Gasteiger partial charge on any atom is 0.208 e. The number of hydrogen-bond donors (Lipinski definition) is 5. The van der Waals surface area contributed by atoms with E-state index in [1.54, 1.807) is 0 Å². The number of aliphatic hydroxyl groups is 4. The molecule has 6 atom stereocenters. The van der Waals surface area contributed by atoms with Crippen LogP contribution in [-0.2, 0) is 0 Å². The lowest BCUT2D eigenvalue weighted by molar-refractivity contribution is 0.0758. The summed E-state index contributed by atoms with van der Waals surface area (Å²) in [4.78, 5) is 0. The van der Waals surface area contributed by atoms with Gasteiger partial charge in [-0.25, -0.2) is 0 Å². The molecular formula is C20H43O4P2S2+. The lowest BCUT2D eigenvalue weighted by atomic mass is 9.86. The molecule has 28 heavy (non-hydrogen) atoms.